The largest absolute Gasteiger partial charge is 0.381 e. The number of carbonyl (C=O) groups excluding carboxylic acids is 1. The first-order chi connectivity index (χ1) is 7.75. The number of hydrogen-bond acceptors (Lipinski definition) is 3. The fraction of sp³-hybridized carbons (Fsp3) is 0.917. The average Bonchev–Trinajstić information content (AvgIpc) is 2.80. The molecule has 1 amide bonds. The van der Waals surface area contributed by atoms with E-state index in [-0.39, 0.29) is 11.8 Å². The number of rotatable bonds is 3. The van der Waals surface area contributed by atoms with Gasteiger partial charge >= 0.3 is 0 Å². The van der Waals surface area contributed by atoms with Crippen molar-refractivity contribution in [3.63, 3.8) is 0 Å². The molecule has 2 fully saturated rings. The van der Waals surface area contributed by atoms with Gasteiger partial charge in [-0.2, -0.15) is 0 Å². The van der Waals surface area contributed by atoms with E-state index in [4.69, 9.17) is 10.5 Å². The van der Waals surface area contributed by atoms with E-state index in [9.17, 15) is 4.79 Å². The van der Waals surface area contributed by atoms with Gasteiger partial charge in [0.2, 0.25) is 5.91 Å². The van der Waals surface area contributed by atoms with E-state index in [1.54, 1.807) is 0 Å². The van der Waals surface area contributed by atoms with Gasteiger partial charge in [-0.1, -0.05) is 0 Å². The van der Waals surface area contributed by atoms with Gasteiger partial charge in [-0.25, -0.2) is 0 Å². The molecule has 0 aromatic carbocycles. The lowest BCUT2D eigenvalue weighted by Crippen LogP contribution is -2.38. The van der Waals surface area contributed by atoms with Crippen molar-refractivity contribution in [3.8, 4) is 0 Å². The van der Waals surface area contributed by atoms with Crippen LogP contribution in [0.3, 0.4) is 0 Å². The summed E-state index contributed by atoms with van der Waals surface area (Å²) in [4.78, 5) is 11.9. The lowest BCUT2D eigenvalue weighted by molar-refractivity contribution is -0.126. The van der Waals surface area contributed by atoms with E-state index in [1.807, 2.05) is 0 Å². The van der Waals surface area contributed by atoms with E-state index in [1.165, 1.54) is 0 Å². The zero-order chi connectivity index (χ0) is 11.4. The van der Waals surface area contributed by atoms with Gasteiger partial charge in [0, 0.05) is 31.0 Å². The van der Waals surface area contributed by atoms with Crippen molar-refractivity contribution in [1.82, 2.24) is 5.32 Å². The summed E-state index contributed by atoms with van der Waals surface area (Å²) in [6.07, 6.45) is 4.97. The molecule has 4 nitrogen and oxygen atoms in total. The Morgan fingerprint density at radius 2 is 2.00 bits per heavy atom. The third-order valence-electron chi connectivity index (χ3n) is 3.73. The summed E-state index contributed by atoms with van der Waals surface area (Å²) in [6.45, 7) is 2.43. The van der Waals surface area contributed by atoms with Crippen LogP contribution in [0.5, 0.6) is 0 Å². The highest BCUT2D eigenvalue weighted by Gasteiger charge is 2.25. The molecule has 4 heteroatoms. The highest BCUT2D eigenvalue weighted by molar-refractivity contribution is 5.78. The first-order valence-corrected chi connectivity index (χ1v) is 6.36. The molecular weight excluding hydrogens is 204 g/mol. The molecule has 0 radical (unpaired) electrons. The van der Waals surface area contributed by atoms with Crippen LogP contribution < -0.4 is 11.1 Å². The summed E-state index contributed by atoms with van der Waals surface area (Å²) < 4.78 is 5.28. The molecule has 1 aliphatic carbocycles. The maximum absolute atomic E-state index is 11.9. The molecule has 1 saturated carbocycles. The molecule has 1 atom stereocenters. The van der Waals surface area contributed by atoms with Crippen molar-refractivity contribution in [2.24, 2.45) is 17.6 Å². The van der Waals surface area contributed by atoms with Gasteiger partial charge < -0.3 is 15.8 Å². The molecule has 1 saturated heterocycles. The second-order valence-corrected chi connectivity index (χ2v) is 5.09. The van der Waals surface area contributed by atoms with Crippen molar-refractivity contribution < 1.29 is 9.53 Å². The average molecular weight is 226 g/mol. The maximum Gasteiger partial charge on any atom is 0.223 e. The minimum atomic E-state index is 0.196. The zero-order valence-corrected chi connectivity index (χ0v) is 9.78. The van der Waals surface area contributed by atoms with Crippen molar-refractivity contribution >= 4 is 5.91 Å². The number of ether oxygens (including phenoxy) is 1. The minimum Gasteiger partial charge on any atom is -0.381 e. The van der Waals surface area contributed by atoms with Crippen LogP contribution in [0.4, 0.5) is 0 Å². The predicted molar refractivity (Wildman–Crippen MR) is 61.9 cm³/mol. The predicted octanol–water partition coefficient (Wildman–Crippen LogP) is 0.657. The highest BCUT2D eigenvalue weighted by atomic mass is 16.5. The standard InChI is InChI=1S/C12H22N2O2/c13-11-3-1-10(2-4-11)12(15)14-7-9-5-6-16-8-9/h9-11H,1-8,13H2,(H,14,15). The second kappa shape index (κ2) is 5.64. The molecule has 3 N–H and O–H groups in total. The van der Waals surface area contributed by atoms with E-state index in [2.05, 4.69) is 5.32 Å². The molecule has 16 heavy (non-hydrogen) atoms. The molecule has 1 aliphatic heterocycles. The van der Waals surface area contributed by atoms with Crippen molar-refractivity contribution in [2.75, 3.05) is 19.8 Å². The zero-order valence-electron chi connectivity index (χ0n) is 9.78. The van der Waals surface area contributed by atoms with Gasteiger partial charge in [-0.3, -0.25) is 4.79 Å². The topological polar surface area (TPSA) is 64.4 Å². The first-order valence-electron chi connectivity index (χ1n) is 6.36. The van der Waals surface area contributed by atoms with Gasteiger partial charge in [0.1, 0.15) is 0 Å². The third-order valence-corrected chi connectivity index (χ3v) is 3.73. The van der Waals surface area contributed by atoms with Crippen LogP contribution in [0.25, 0.3) is 0 Å². The molecule has 1 unspecified atom stereocenters. The summed E-state index contributed by atoms with van der Waals surface area (Å²) in [5, 5.41) is 3.05. The van der Waals surface area contributed by atoms with Crippen LogP contribution in [-0.4, -0.2) is 31.7 Å². The quantitative estimate of drug-likeness (QED) is 0.743. The maximum atomic E-state index is 11.9. The Bertz CT molecular complexity index is 231. The van der Waals surface area contributed by atoms with Crippen molar-refractivity contribution in [3.05, 3.63) is 0 Å². The number of nitrogens with one attached hydrogen (secondary N) is 1. The van der Waals surface area contributed by atoms with Gasteiger partial charge in [0.05, 0.1) is 6.61 Å². The first kappa shape index (κ1) is 11.9. The number of amides is 1. The van der Waals surface area contributed by atoms with Crippen LogP contribution >= 0.6 is 0 Å². The minimum absolute atomic E-state index is 0.196. The molecule has 2 aliphatic rings. The van der Waals surface area contributed by atoms with E-state index < -0.39 is 0 Å². The van der Waals surface area contributed by atoms with Crippen LogP contribution in [0.15, 0.2) is 0 Å². The Morgan fingerprint density at radius 3 is 2.62 bits per heavy atom. The number of nitrogens with two attached hydrogens (primary N) is 1. The third kappa shape index (κ3) is 3.19. The molecular formula is C12H22N2O2. The van der Waals surface area contributed by atoms with E-state index in [0.29, 0.717) is 12.0 Å². The Labute approximate surface area is 96.9 Å². The molecule has 92 valence electrons. The highest BCUT2D eigenvalue weighted by Crippen LogP contribution is 2.23. The van der Waals surface area contributed by atoms with Gasteiger partial charge in [-0.15, -0.1) is 0 Å². The number of carbonyl (C=O) groups is 1. The summed E-state index contributed by atoms with van der Waals surface area (Å²) in [7, 11) is 0. The molecule has 1 heterocycles. The van der Waals surface area contributed by atoms with Crippen LogP contribution in [-0.2, 0) is 9.53 Å². The van der Waals surface area contributed by atoms with Gasteiger partial charge in [-0.05, 0) is 32.1 Å². The molecule has 0 bridgehead atoms. The molecule has 0 aromatic rings. The summed E-state index contributed by atoms with van der Waals surface area (Å²) in [6, 6.07) is 0.312. The Balaban J connectivity index is 1.67. The lowest BCUT2D eigenvalue weighted by atomic mass is 9.86. The smallest absolute Gasteiger partial charge is 0.223 e. The fourth-order valence-corrected chi connectivity index (χ4v) is 2.51. The fourth-order valence-electron chi connectivity index (χ4n) is 2.51. The van der Waals surface area contributed by atoms with Crippen molar-refractivity contribution in [1.29, 1.82) is 0 Å². The summed E-state index contributed by atoms with van der Waals surface area (Å²) in [5.74, 6) is 0.940. The van der Waals surface area contributed by atoms with Gasteiger partial charge in [0.15, 0.2) is 0 Å². The van der Waals surface area contributed by atoms with E-state index in [0.717, 1.165) is 51.9 Å². The Kier molecular flexibility index (Phi) is 4.18. The molecule has 0 spiro atoms. The summed E-state index contributed by atoms with van der Waals surface area (Å²) in [5.41, 5.74) is 5.82. The molecule has 2 rings (SSSR count). The summed E-state index contributed by atoms with van der Waals surface area (Å²) >= 11 is 0. The molecule has 0 aromatic heterocycles. The normalized spacial score (nSPS) is 34.9. The van der Waals surface area contributed by atoms with E-state index >= 15 is 0 Å². The van der Waals surface area contributed by atoms with Gasteiger partial charge in [0.25, 0.3) is 0 Å². The second-order valence-electron chi connectivity index (χ2n) is 5.09. The van der Waals surface area contributed by atoms with Crippen LogP contribution in [0.1, 0.15) is 32.1 Å². The SMILES string of the molecule is NC1CCC(C(=O)NCC2CCOC2)CC1. The lowest BCUT2D eigenvalue weighted by Gasteiger charge is -2.25. The van der Waals surface area contributed by atoms with Crippen molar-refractivity contribution in [2.45, 2.75) is 38.1 Å². The monoisotopic (exact) mass is 226 g/mol. The van der Waals surface area contributed by atoms with Crippen LogP contribution in [0.2, 0.25) is 0 Å². The Hall–Kier alpha value is -0.610. The van der Waals surface area contributed by atoms with Crippen LogP contribution in [0, 0.1) is 11.8 Å². The number of hydrogen-bond donors (Lipinski definition) is 2. The Morgan fingerprint density at radius 1 is 1.25 bits per heavy atom.